The van der Waals surface area contributed by atoms with Gasteiger partial charge in [0.2, 0.25) is 0 Å². The number of nitrogens with one attached hydrogen (secondary N) is 1. The minimum absolute atomic E-state index is 0.0697. The van der Waals surface area contributed by atoms with Crippen LogP contribution in [0.2, 0.25) is 0 Å². The van der Waals surface area contributed by atoms with Crippen molar-refractivity contribution < 1.29 is 22.3 Å². The predicted octanol–water partition coefficient (Wildman–Crippen LogP) is 2.69. The summed E-state index contributed by atoms with van der Waals surface area (Å²) in [4.78, 5) is 11.8. The molecule has 0 aliphatic rings. The Balaban J connectivity index is 1.81. The lowest BCUT2D eigenvalue weighted by molar-refractivity contribution is 0.0600. The largest absolute Gasteiger partial charge is 0.465 e. The number of aryl methyl sites for hydroxylation is 1. The molecule has 3 aromatic rings. The van der Waals surface area contributed by atoms with Crippen LogP contribution in [-0.4, -0.2) is 36.3 Å². The van der Waals surface area contributed by atoms with Gasteiger partial charge in [0.25, 0.3) is 10.0 Å². The van der Waals surface area contributed by atoms with Crippen molar-refractivity contribution in [2.24, 2.45) is 7.05 Å². The van der Waals surface area contributed by atoms with Gasteiger partial charge in [0.05, 0.1) is 12.7 Å². The molecule has 0 saturated carbocycles. The summed E-state index contributed by atoms with van der Waals surface area (Å²) < 4.78 is 47.7. The van der Waals surface area contributed by atoms with Crippen LogP contribution in [0.15, 0.2) is 63.7 Å². The highest BCUT2D eigenvalue weighted by Gasteiger charge is 2.21. The molecule has 0 saturated heterocycles. The molecule has 0 spiro atoms. The highest BCUT2D eigenvalue weighted by molar-refractivity contribution is 7.99. The molecule has 8 nitrogen and oxygen atoms in total. The normalized spacial score (nSPS) is 11.2. The third-order valence-corrected chi connectivity index (χ3v) is 6.08. The van der Waals surface area contributed by atoms with Gasteiger partial charge in [-0.1, -0.05) is 0 Å². The van der Waals surface area contributed by atoms with Crippen molar-refractivity contribution >= 4 is 33.4 Å². The van der Waals surface area contributed by atoms with E-state index in [2.05, 4.69) is 19.7 Å². The van der Waals surface area contributed by atoms with Gasteiger partial charge in [0, 0.05) is 17.6 Å². The maximum absolute atomic E-state index is 14.1. The Hall–Kier alpha value is -2.92. The van der Waals surface area contributed by atoms with Crippen molar-refractivity contribution in [2.45, 2.75) is 14.9 Å². The maximum atomic E-state index is 14.1. The number of rotatable bonds is 6. The van der Waals surface area contributed by atoms with Gasteiger partial charge < -0.3 is 9.30 Å². The molecular formula is C17H15FN4O4S2. The van der Waals surface area contributed by atoms with E-state index in [0.29, 0.717) is 5.16 Å². The Morgan fingerprint density at radius 2 is 1.93 bits per heavy atom. The zero-order valence-electron chi connectivity index (χ0n) is 14.8. The number of carbonyl (C=O) groups is 1. The average molecular weight is 422 g/mol. The molecular weight excluding hydrogens is 407 g/mol. The van der Waals surface area contributed by atoms with Crippen molar-refractivity contribution in [3.05, 3.63) is 60.2 Å². The molecule has 0 radical (unpaired) electrons. The molecule has 0 unspecified atom stereocenters. The number of benzene rings is 2. The molecule has 3 rings (SSSR count). The standard InChI is InChI=1S/C17H15FN4O4S2/c1-22-10-19-20-17(22)27-13-6-4-12(5-7-13)21-28(24,25)15-9-11(16(23)26-2)3-8-14(15)18/h3-10,21H,1-2H3. The second kappa shape index (κ2) is 7.98. The highest BCUT2D eigenvalue weighted by Crippen LogP contribution is 2.27. The monoisotopic (exact) mass is 422 g/mol. The van der Waals surface area contributed by atoms with Gasteiger partial charge >= 0.3 is 5.97 Å². The predicted molar refractivity (Wildman–Crippen MR) is 100 cm³/mol. The summed E-state index contributed by atoms with van der Waals surface area (Å²) in [6.07, 6.45) is 1.57. The topological polar surface area (TPSA) is 103 Å². The van der Waals surface area contributed by atoms with E-state index in [1.807, 2.05) is 7.05 Å². The number of nitrogens with zero attached hydrogens (tertiary/aromatic N) is 3. The van der Waals surface area contributed by atoms with E-state index < -0.39 is 26.7 Å². The van der Waals surface area contributed by atoms with Gasteiger partial charge in [0.15, 0.2) is 5.16 Å². The molecule has 0 amide bonds. The number of esters is 1. The van der Waals surface area contributed by atoms with Crippen molar-refractivity contribution in [3.8, 4) is 0 Å². The first-order valence-electron chi connectivity index (χ1n) is 7.83. The van der Waals surface area contributed by atoms with Crippen LogP contribution in [0, 0.1) is 5.82 Å². The maximum Gasteiger partial charge on any atom is 0.337 e. The molecule has 1 heterocycles. The Morgan fingerprint density at radius 3 is 2.54 bits per heavy atom. The van der Waals surface area contributed by atoms with Gasteiger partial charge in [-0.2, -0.15) is 0 Å². The van der Waals surface area contributed by atoms with Crippen LogP contribution in [-0.2, 0) is 21.8 Å². The smallest absolute Gasteiger partial charge is 0.337 e. The van der Waals surface area contributed by atoms with Crippen molar-refractivity contribution in [3.63, 3.8) is 0 Å². The van der Waals surface area contributed by atoms with E-state index in [1.54, 1.807) is 23.0 Å². The van der Waals surface area contributed by atoms with Gasteiger partial charge in [-0.05, 0) is 54.2 Å². The van der Waals surface area contributed by atoms with Crippen LogP contribution < -0.4 is 4.72 Å². The minimum atomic E-state index is -4.24. The minimum Gasteiger partial charge on any atom is -0.465 e. The van der Waals surface area contributed by atoms with E-state index in [1.165, 1.54) is 23.9 Å². The molecule has 0 bridgehead atoms. The summed E-state index contributed by atoms with van der Waals surface area (Å²) >= 11 is 1.35. The number of halogens is 1. The van der Waals surface area contributed by atoms with Crippen LogP contribution in [0.4, 0.5) is 10.1 Å². The Bertz CT molecular complexity index is 1110. The summed E-state index contributed by atoms with van der Waals surface area (Å²) in [6, 6.07) is 9.45. The number of anilines is 1. The van der Waals surface area contributed by atoms with Crippen molar-refractivity contribution in [1.29, 1.82) is 0 Å². The quantitative estimate of drug-likeness (QED) is 0.609. The zero-order chi connectivity index (χ0) is 20.3. The fourth-order valence-electron chi connectivity index (χ4n) is 2.23. The molecule has 0 atom stereocenters. The Kier molecular flexibility index (Phi) is 5.66. The average Bonchev–Trinajstić information content (AvgIpc) is 3.07. The zero-order valence-corrected chi connectivity index (χ0v) is 16.4. The van der Waals surface area contributed by atoms with Crippen LogP contribution in [0.25, 0.3) is 0 Å². The van der Waals surface area contributed by atoms with E-state index in [0.717, 1.165) is 30.2 Å². The summed E-state index contributed by atoms with van der Waals surface area (Å²) in [6.45, 7) is 0. The molecule has 146 valence electrons. The fraction of sp³-hybridized carbons (Fsp3) is 0.118. The third-order valence-electron chi connectivity index (χ3n) is 3.63. The lowest BCUT2D eigenvalue weighted by atomic mass is 10.2. The number of ether oxygens (including phenoxy) is 1. The van der Waals surface area contributed by atoms with Gasteiger partial charge in [0.1, 0.15) is 17.0 Å². The van der Waals surface area contributed by atoms with Crippen LogP contribution >= 0.6 is 11.8 Å². The highest BCUT2D eigenvalue weighted by atomic mass is 32.2. The number of aromatic nitrogens is 3. The summed E-state index contributed by atoms with van der Waals surface area (Å²) in [7, 11) is -1.28. The fourth-order valence-corrected chi connectivity index (χ4v) is 4.15. The first-order chi connectivity index (χ1) is 13.3. The van der Waals surface area contributed by atoms with Crippen molar-refractivity contribution in [2.75, 3.05) is 11.8 Å². The molecule has 0 aliphatic heterocycles. The number of hydrogen-bond acceptors (Lipinski definition) is 7. The van der Waals surface area contributed by atoms with E-state index in [9.17, 15) is 17.6 Å². The Labute approximate surface area is 164 Å². The summed E-state index contributed by atoms with van der Waals surface area (Å²) in [5.41, 5.74) is 0.171. The second-order valence-corrected chi connectivity index (χ2v) is 8.28. The van der Waals surface area contributed by atoms with Gasteiger partial charge in [-0.25, -0.2) is 17.6 Å². The van der Waals surface area contributed by atoms with E-state index in [4.69, 9.17) is 0 Å². The van der Waals surface area contributed by atoms with E-state index >= 15 is 0 Å². The number of hydrogen-bond donors (Lipinski definition) is 1. The van der Waals surface area contributed by atoms with Crippen molar-refractivity contribution in [1.82, 2.24) is 14.8 Å². The lowest BCUT2D eigenvalue weighted by Gasteiger charge is -2.10. The lowest BCUT2D eigenvalue weighted by Crippen LogP contribution is -2.15. The molecule has 2 aromatic carbocycles. The number of methoxy groups -OCH3 is 1. The summed E-state index contributed by atoms with van der Waals surface area (Å²) in [5, 5.41) is 8.42. The van der Waals surface area contributed by atoms with Crippen LogP contribution in [0.3, 0.4) is 0 Å². The molecule has 0 fully saturated rings. The molecule has 11 heteroatoms. The molecule has 1 N–H and O–H groups in total. The Morgan fingerprint density at radius 1 is 1.21 bits per heavy atom. The second-order valence-electron chi connectivity index (χ2n) is 5.59. The molecule has 1 aromatic heterocycles. The van der Waals surface area contributed by atoms with Crippen LogP contribution in [0.1, 0.15) is 10.4 Å². The van der Waals surface area contributed by atoms with Crippen LogP contribution in [0.5, 0.6) is 0 Å². The first-order valence-corrected chi connectivity index (χ1v) is 10.1. The SMILES string of the molecule is COC(=O)c1ccc(F)c(S(=O)(=O)Nc2ccc(Sc3nncn3C)cc2)c1. The molecule has 28 heavy (non-hydrogen) atoms. The number of carbonyl (C=O) groups excluding carboxylic acids is 1. The molecule has 0 aliphatic carbocycles. The third kappa shape index (κ3) is 4.31. The first kappa shape index (κ1) is 19.8. The number of sulfonamides is 1. The summed E-state index contributed by atoms with van der Waals surface area (Å²) in [5.74, 6) is -1.74. The van der Waals surface area contributed by atoms with Gasteiger partial charge in [-0.3, -0.25) is 4.72 Å². The van der Waals surface area contributed by atoms with E-state index in [-0.39, 0.29) is 11.3 Å². The van der Waals surface area contributed by atoms with Gasteiger partial charge in [-0.15, -0.1) is 10.2 Å².